The molecule has 164 valence electrons. The van der Waals surface area contributed by atoms with Crippen LogP contribution in [0.25, 0.3) is 10.9 Å². The van der Waals surface area contributed by atoms with Crippen molar-refractivity contribution in [2.24, 2.45) is 0 Å². The molecule has 3 N–H and O–H groups in total. The number of para-hydroxylation sites is 1. The molecule has 7 nitrogen and oxygen atoms in total. The molecule has 1 aliphatic heterocycles. The minimum atomic E-state index is -0.660. The van der Waals surface area contributed by atoms with Crippen molar-refractivity contribution in [3.63, 3.8) is 0 Å². The smallest absolute Gasteiger partial charge is 0.325 e. The van der Waals surface area contributed by atoms with Crippen LogP contribution in [0, 0.1) is 0 Å². The van der Waals surface area contributed by atoms with Gasteiger partial charge in [0.25, 0.3) is 5.91 Å². The number of rotatable bonds is 6. The van der Waals surface area contributed by atoms with Gasteiger partial charge < -0.3 is 15.6 Å². The molecule has 2 aromatic carbocycles. The normalized spacial score (nSPS) is 20.3. The average molecular weight is 431 g/mol. The second-order valence-corrected chi connectivity index (χ2v) is 8.53. The Hall–Kier alpha value is -3.61. The number of urea groups is 1. The summed E-state index contributed by atoms with van der Waals surface area (Å²) in [6, 6.07) is 16.5. The summed E-state index contributed by atoms with van der Waals surface area (Å²) in [5.74, 6) is -0.382. The summed E-state index contributed by atoms with van der Waals surface area (Å²) in [6.45, 7) is 0.236. The van der Waals surface area contributed by atoms with E-state index in [0.29, 0.717) is 0 Å². The predicted molar refractivity (Wildman–Crippen MR) is 121 cm³/mol. The first-order chi connectivity index (χ1) is 15.6. The number of imide groups is 1. The lowest BCUT2D eigenvalue weighted by Crippen LogP contribution is -2.34. The molecule has 2 atom stereocenters. The first-order valence-electron chi connectivity index (χ1n) is 11.1. The van der Waals surface area contributed by atoms with E-state index in [1.807, 2.05) is 42.5 Å². The maximum absolute atomic E-state index is 12.7. The van der Waals surface area contributed by atoms with Crippen LogP contribution in [0.1, 0.15) is 48.5 Å². The van der Waals surface area contributed by atoms with E-state index in [0.717, 1.165) is 36.0 Å². The van der Waals surface area contributed by atoms with Crippen molar-refractivity contribution in [3.05, 3.63) is 71.4 Å². The molecule has 2 aliphatic rings. The number of carbonyl (C=O) groups is 3. The Kier molecular flexibility index (Phi) is 5.39. The summed E-state index contributed by atoms with van der Waals surface area (Å²) in [7, 11) is 0. The number of nitrogens with one attached hydrogen (secondary N) is 3. The molecule has 1 aromatic heterocycles. The molecule has 2 heterocycles. The zero-order valence-electron chi connectivity index (χ0n) is 17.8. The molecule has 0 spiro atoms. The molecular formula is C25H26N4O3. The molecule has 1 saturated heterocycles. The first kappa shape index (κ1) is 20.3. The van der Waals surface area contributed by atoms with Gasteiger partial charge in [0.2, 0.25) is 5.91 Å². The van der Waals surface area contributed by atoms with Gasteiger partial charge in [-0.05, 0) is 42.9 Å². The molecule has 4 amide bonds. The fraction of sp³-hybridized carbons (Fsp3) is 0.320. The molecular weight excluding hydrogens is 404 g/mol. The summed E-state index contributed by atoms with van der Waals surface area (Å²) in [4.78, 5) is 42.4. The third-order valence-electron chi connectivity index (χ3n) is 6.40. The van der Waals surface area contributed by atoms with Crippen molar-refractivity contribution in [1.82, 2.24) is 20.5 Å². The highest BCUT2D eigenvalue weighted by molar-refractivity contribution is 6.04. The van der Waals surface area contributed by atoms with Crippen LogP contribution in [0.4, 0.5) is 4.79 Å². The van der Waals surface area contributed by atoms with Gasteiger partial charge in [-0.3, -0.25) is 14.5 Å². The summed E-state index contributed by atoms with van der Waals surface area (Å²) in [6.07, 6.45) is 3.38. The highest BCUT2D eigenvalue weighted by Gasteiger charge is 2.38. The second-order valence-electron chi connectivity index (χ2n) is 8.53. The van der Waals surface area contributed by atoms with E-state index in [2.05, 4.69) is 27.8 Å². The monoisotopic (exact) mass is 430 g/mol. The number of aromatic nitrogens is 1. The Morgan fingerprint density at radius 3 is 2.69 bits per heavy atom. The quantitative estimate of drug-likeness (QED) is 0.522. The lowest BCUT2D eigenvalue weighted by Gasteiger charge is -2.24. The molecule has 0 unspecified atom stereocenters. The lowest BCUT2D eigenvalue weighted by molar-refractivity contribution is -0.128. The first-order valence-corrected chi connectivity index (χ1v) is 11.1. The number of H-pyrrole nitrogens is 1. The number of aromatic amines is 1. The molecule has 0 saturated carbocycles. The van der Waals surface area contributed by atoms with E-state index in [4.69, 9.17) is 0 Å². The molecule has 0 bridgehead atoms. The van der Waals surface area contributed by atoms with Crippen molar-refractivity contribution in [2.45, 2.75) is 50.7 Å². The van der Waals surface area contributed by atoms with Crippen molar-refractivity contribution in [2.75, 3.05) is 0 Å². The van der Waals surface area contributed by atoms with E-state index in [-0.39, 0.29) is 37.2 Å². The van der Waals surface area contributed by atoms with Crippen molar-refractivity contribution >= 4 is 28.7 Å². The molecule has 3 aromatic rings. The number of hydrogen-bond donors (Lipinski definition) is 3. The van der Waals surface area contributed by atoms with Gasteiger partial charge >= 0.3 is 6.03 Å². The lowest BCUT2D eigenvalue weighted by atomic mass is 9.91. The Bertz CT molecular complexity index is 1170. The predicted octanol–water partition coefficient (Wildman–Crippen LogP) is 3.56. The number of nitrogens with zero attached hydrogens (tertiary/aromatic N) is 1. The molecule has 0 radical (unpaired) electrons. The highest BCUT2D eigenvalue weighted by Crippen LogP contribution is 2.34. The Morgan fingerprint density at radius 1 is 1.06 bits per heavy atom. The minimum absolute atomic E-state index is 0.0536. The molecule has 5 rings (SSSR count). The van der Waals surface area contributed by atoms with Crippen molar-refractivity contribution < 1.29 is 14.4 Å². The Labute approximate surface area is 186 Å². The van der Waals surface area contributed by atoms with E-state index < -0.39 is 12.1 Å². The van der Waals surface area contributed by atoms with Gasteiger partial charge in [0.05, 0.1) is 12.6 Å². The number of amides is 4. The van der Waals surface area contributed by atoms with Crippen LogP contribution in [0.15, 0.2) is 54.6 Å². The zero-order chi connectivity index (χ0) is 22.1. The van der Waals surface area contributed by atoms with Crippen LogP contribution in [0.2, 0.25) is 0 Å². The number of fused-ring (bicyclic) bond motifs is 3. The van der Waals surface area contributed by atoms with Crippen LogP contribution >= 0.6 is 0 Å². The molecule has 7 heteroatoms. The maximum atomic E-state index is 12.7. The summed E-state index contributed by atoms with van der Waals surface area (Å²) < 4.78 is 0. The van der Waals surface area contributed by atoms with Gasteiger partial charge in [-0.15, -0.1) is 0 Å². The van der Waals surface area contributed by atoms with Crippen LogP contribution < -0.4 is 10.6 Å². The third kappa shape index (κ3) is 3.86. The molecule has 1 fully saturated rings. The number of benzene rings is 2. The van der Waals surface area contributed by atoms with Crippen LogP contribution in [0.5, 0.6) is 0 Å². The SMILES string of the molecule is O=C(CC[C@H]1NC(=O)N(Cc2ccccc2)C1=O)N[C@@H]1CCCc2c1[nH]c1ccccc21. The van der Waals surface area contributed by atoms with Gasteiger partial charge in [0.15, 0.2) is 0 Å². The third-order valence-corrected chi connectivity index (χ3v) is 6.40. The summed E-state index contributed by atoms with van der Waals surface area (Å²) in [5, 5.41) is 7.07. The van der Waals surface area contributed by atoms with E-state index in [1.165, 1.54) is 15.8 Å². The Morgan fingerprint density at radius 2 is 1.84 bits per heavy atom. The number of carbonyl (C=O) groups excluding carboxylic acids is 3. The van der Waals surface area contributed by atoms with Gasteiger partial charge in [0, 0.05) is 23.0 Å². The van der Waals surface area contributed by atoms with E-state index in [9.17, 15) is 14.4 Å². The van der Waals surface area contributed by atoms with Crippen molar-refractivity contribution in [3.8, 4) is 0 Å². The summed E-state index contributed by atoms with van der Waals surface area (Å²) in [5.41, 5.74) is 4.36. The van der Waals surface area contributed by atoms with Crippen LogP contribution in [-0.2, 0) is 22.6 Å². The highest BCUT2D eigenvalue weighted by atomic mass is 16.2. The van der Waals surface area contributed by atoms with Gasteiger partial charge in [-0.1, -0.05) is 48.5 Å². The van der Waals surface area contributed by atoms with E-state index in [1.54, 1.807) is 0 Å². The average Bonchev–Trinajstić information content (AvgIpc) is 3.32. The zero-order valence-corrected chi connectivity index (χ0v) is 17.8. The minimum Gasteiger partial charge on any atom is -0.356 e. The maximum Gasteiger partial charge on any atom is 0.325 e. The van der Waals surface area contributed by atoms with Crippen LogP contribution in [-0.4, -0.2) is 33.8 Å². The number of aryl methyl sites for hydroxylation is 1. The second kappa shape index (κ2) is 8.49. The summed E-state index contributed by atoms with van der Waals surface area (Å²) >= 11 is 0. The molecule has 1 aliphatic carbocycles. The number of hydrogen-bond acceptors (Lipinski definition) is 3. The topological polar surface area (TPSA) is 94.3 Å². The van der Waals surface area contributed by atoms with Crippen LogP contribution in [0.3, 0.4) is 0 Å². The fourth-order valence-corrected chi connectivity index (χ4v) is 4.79. The van der Waals surface area contributed by atoms with E-state index >= 15 is 0 Å². The van der Waals surface area contributed by atoms with Gasteiger partial charge in [0.1, 0.15) is 6.04 Å². The van der Waals surface area contributed by atoms with Gasteiger partial charge in [-0.25, -0.2) is 4.79 Å². The largest absolute Gasteiger partial charge is 0.356 e. The Balaban J connectivity index is 1.19. The molecule has 32 heavy (non-hydrogen) atoms. The fourth-order valence-electron chi connectivity index (χ4n) is 4.79. The van der Waals surface area contributed by atoms with Crippen molar-refractivity contribution in [1.29, 1.82) is 0 Å². The van der Waals surface area contributed by atoms with Gasteiger partial charge in [-0.2, -0.15) is 0 Å². The standard InChI is InChI=1S/C25H26N4O3/c30-22(26-20-12-6-10-18-17-9-4-5-11-19(17)27-23(18)20)14-13-21-24(31)29(25(32)28-21)15-16-7-2-1-3-8-16/h1-5,7-9,11,20-21,27H,6,10,12-15H2,(H,26,30)(H,28,32)/t20-,21-/m1/s1.